The Bertz CT molecular complexity index is 548. The largest absolute Gasteiger partial charge is 0.370 e. The molecule has 0 aromatic carbocycles. The van der Waals surface area contributed by atoms with Gasteiger partial charge < -0.3 is 5.32 Å². The second kappa shape index (κ2) is 5.30. The van der Waals surface area contributed by atoms with E-state index in [0.29, 0.717) is 5.56 Å². The van der Waals surface area contributed by atoms with Crippen molar-refractivity contribution in [2.45, 2.75) is 26.8 Å². The monoisotopic (exact) mass is 263 g/mol. The molecule has 0 saturated heterocycles. The number of rotatable bonds is 4. The van der Waals surface area contributed by atoms with Crippen molar-refractivity contribution in [1.82, 2.24) is 4.37 Å². The van der Waals surface area contributed by atoms with Gasteiger partial charge in [0.1, 0.15) is 16.6 Å². The molecule has 17 heavy (non-hydrogen) atoms. The van der Waals surface area contributed by atoms with Gasteiger partial charge in [0.05, 0.1) is 12.2 Å². The highest BCUT2D eigenvalue weighted by Gasteiger charge is 2.09. The second-order valence-electron chi connectivity index (χ2n) is 3.66. The fraction of sp³-hybridized carbons (Fsp3) is 0.333. The van der Waals surface area contributed by atoms with Crippen LogP contribution in [0.5, 0.6) is 0 Å². The van der Waals surface area contributed by atoms with Gasteiger partial charge in [-0.2, -0.15) is 9.64 Å². The highest BCUT2D eigenvalue weighted by molar-refractivity contribution is 7.12. The van der Waals surface area contributed by atoms with E-state index in [-0.39, 0.29) is 0 Å². The Morgan fingerprint density at radius 1 is 1.41 bits per heavy atom. The first kappa shape index (κ1) is 12.1. The summed E-state index contributed by atoms with van der Waals surface area (Å²) in [5.74, 6) is 0. The van der Waals surface area contributed by atoms with Crippen LogP contribution in [0.3, 0.4) is 0 Å². The molecule has 5 heteroatoms. The van der Waals surface area contributed by atoms with Gasteiger partial charge in [0.15, 0.2) is 0 Å². The van der Waals surface area contributed by atoms with Crippen molar-refractivity contribution in [3.05, 3.63) is 33.1 Å². The number of nitrogens with one attached hydrogen (secondary N) is 1. The van der Waals surface area contributed by atoms with Crippen LogP contribution >= 0.6 is 22.9 Å². The molecule has 0 aliphatic carbocycles. The average Bonchev–Trinajstić information content (AvgIpc) is 2.92. The van der Waals surface area contributed by atoms with E-state index in [1.807, 2.05) is 18.3 Å². The van der Waals surface area contributed by atoms with Crippen molar-refractivity contribution in [3.8, 4) is 6.07 Å². The highest BCUT2D eigenvalue weighted by atomic mass is 32.1. The first-order chi connectivity index (χ1) is 8.24. The Morgan fingerprint density at radius 3 is 2.82 bits per heavy atom. The molecular formula is C12H13N3S2. The summed E-state index contributed by atoms with van der Waals surface area (Å²) in [6.45, 7) is 4.78. The zero-order chi connectivity index (χ0) is 12.3. The molecule has 0 radical (unpaired) electrons. The minimum atomic E-state index is 0.669. The minimum absolute atomic E-state index is 0.669. The number of nitriles is 1. The Labute approximate surface area is 109 Å². The van der Waals surface area contributed by atoms with Gasteiger partial charge in [-0.15, -0.1) is 11.3 Å². The van der Waals surface area contributed by atoms with Crippen LogP contribution in [0.2, 0.25) is 0 Å². The predicted octanol–water partition coefficient (Wildman–Crippen LogP) is 3.56. The summed E-state index contributed by atoms with van der Waals surface area (Å²) in [6.07, 6.45) is 1.08. The number of hydrogen-bond donors (Lipinski definition) is 1. The van der Waals surface area contributed by atoms with Gasteiger partial charge in [0.2, 0.25) is 0 Å². The third-order valence-electron chi connectivity index (χ3n) is 2.46. The summed E-state index contributed by atoms with van der Waals surface area (Å²) in [7, 11) is 0. The van der Waals surface area contributed by atoms with Crippen LogP contribution in [0, 0.1) is 18.3 Å². The van der Waals surface area contributed by atoms with E-state index in [2.05, 4.69) is 34.8 Å². The van der Waals surface area contributed by atoms with E-state index in [9.17, 15) is 0 Å². The quantitative estimate of drug-likeness (QED) is 0.917. The number of aromatic nitrogens is 1. The van der Waals surface area contributed by atoms with Gasteiger partial charge >= 0.3 is 0 Å². The van der Waals surface area contributed by atoms with Gasteiger partial charge in [0.25, 0.3) is 0 Å². The molecule has 0 unspecified atom stereocenters. The Kier molecular flexibility index (Phi) is 3.77. The van der Waals surface area contributed by atoms with E-state index in [1.165, 1.54) is 21.3 Å². The summed E-state index contributed by atoms with van der Waals surface area (Å²) < 4.78 is 4.18. The van der Waals surface area contributed by atoms with Crippen LogP contribution < -0.4 is 5.32 Å². The molecule has 0 amide bonds. The van der Waals surface area contributed by atoms with Crippen molar-refractivity contribution in [1.29, 1.82) is 5.26 Å². The van der Waals surface area contributed by atoms with Crippen molar-refractivity contribution in [2.75, 3.05) is 5.32 Å². The molecule has 0 bridgehead atoms. The molecule has 88 valence electrons. The number of nitrogens with zero attached hydrogens (tertiary/aromatic N) is 2. The van der Waals surface area contributed by atoms with Crippen molar-refractivity contribution in [3.63, 3.8) is 0 Å². The molecular weight excluding hydrogens is 250 g/mol. The molecule has 2 aromatic heterocycles. The van der Waals surface area contributed by atoms with Crippen LogP contribution in [0.1, 0.15) is 27.9 Å². The maximum absolute atomic E-state index is 9.01. The molecule has 2 rings (SSSR count). The van der Waals surface area contributed by atoms with Crippen molar-refractivity contribution in [2.24, 2.45) is 0 Å². The maximum atomic E-state index is 9.01. The standard InChI is InChI=1S/C12H13N3S2/c1-3-9-4-5-10(16-9)7-14-12-11(6-13)8(2)15-17-12/h4-5,14H,3,7H2,1-2H3. The molecule has 0 atom stereocenters. The first-order valence-corrected chi connectivity index (χ1v) is 7.01. The average molecular weight is 263 g/mol. The van der Waals surface area contributed by atoms with Crippen LogP contribution in [-0.2, 0) is 13.0 Å². The summed E-state index contributed by atoms with van der Waals surface area (Å²) in [6, 6.07) is 6.48. The van der Waals surface area contributed by atoms with Crippen LogP contribution in [0.15, 0.2) is 12.1 Å². The summed E-state index contributed by atoms with van der Waals surface area (Å²) in [5.41, 5.74) is 1.47. The highest BCUT2D eigenvalue weighted by Crippen LogP contribution is 2.25. The Morgan fingerprint density at radius 2 is 2.18 bits per heavy atom. The molecule has 0 saturated carbocycles. The zero-order valence-corrected chi connectivity index (χ0v) is 11.4. The molecule has 1 N–H and O–H groups in total. The van der Waals surface area contributed by atoms with E-state index < -0.39 is 0 Å². The van der Waals surface area contributed by atoms with E-state index in [4.69, 9.17) is 5.26 Å². The Balaban J connectivity index is 2.05. The van der Waals surface area contributed by atoms with Crippen LogP contribution in [0.25, 0.3) is 0 Å². The summed E-state index contributed by atoms with van der Waals surface area (Å²) in [4.78, 5) is 2.68. The molecule has 0 spiro atoms. The lowest BCUT2D eigenvalue weighted by Gasteiger charge is -2.00. The fourth-order valence-electron chi connectivity index (χ4n) is 1.50. The topological polar surface area (TPSA) is 48.7 Å². The van der Waals surface area contributed by atoms with Crippen molar-refractivity contribution >= 4 is 27.9 Å². The minimum Gasteiger partial charge on any atom is -0.370 e. The number of hydrogen-bond acceptors (Lipinski definition) is 5. The smallest absolute Gasteiger partial charge is 0.128 e. The van der Waals surface area contributed by atoms with E-state index in [1.54, 1.807) is 0 Å². The molecule has 2 aromatic rings. The number of thiophene rings is 1. The van der Waals surface area contributed by atoms with Gasteiger partial charge in [-0.05, 0) is 37.0 Å². The van der Waals surface area contributed by atoms with Crippen LogP contribution in [-0.4, -0.2) is 4.37 Å². The lowest BCUT2D eigenvalue weighted by atomic mass is 10.3. The fourth-order valence-corrected chi connectivity index (χ4v) is 3.14. The van der Waals surface area contributed by atoms with Crippen LogP contribution in [0.4, 0.5) is 5.00 Å². The van der Waals surface area contributed by atoms with E-state index >= 15 is 0 Å². The molecule has 0 aliphatic rings. The zero-order valence-electron chi connectivity index (χ0n) is 9.78. The lowest BCUT2D eigenvalue weighted by molar-refractivity contribution is 1.19. The summed E-state index contributed by atoms with van der Waals surface area (Å²) in [5, 5.41) is 13.2. The molecule has 2 heterocycles. The third-order valence-corrected chi connectivity index (χ3v) is 4.59. The van der Waals surface area contributed by atoms with E-state index in [0.717, 1.165) is 23.7 Å². The third kappa shape index (κ3) is 2.65. The maximum Gasteiger partial charge on any atom is 0.128 e. The number of anilines is 1. The molecule has 3 nitrogen and oxygen atoms in total. The summed E-state index contributed by atoms with van der Waals surface area (Å²) >= 11 is 3.16. The first-order valence-electron chi connectivity index (χ1n) is 5.42. The molecule has 0 aliphatic heterocycles. The molecule has 0 fully saturated rings. The normalized spacial score (nSPS) is 10.2. The van der Waals surface area contributed by atoms with Gasteiger partial charge in [-0.1, -0.05) is 6.92 Å². The Hall–Kier alpha value is -1.38. The van der Waals surface area contributed by atoms with Gasteiger partial charge in [-0.25, -0.2) is 0 Å². The second-order valence-corrected chi connectivity index (χ2v) is 5.69. The lowest BCUT2D eigenvalue weighted by Crippen LogP contribution is -1.96. The van der Waals surface area contributed by atoms with Crippen molar-refractivity contribution < 1.29 is 0 Å². The predicted molar refractivity (Wildman–Crippen MR) is 72.6 cm³/mol. The number of aryl methyl sites for hydroxylation is 2. The SMILES string of the molecule is CCc1ccc(CNc2snc(C)c2C#N)s1. The van der Waals surface area contributed by atoms with Gasteiger partial charge in [-0.3, -0.25) is 0 Å². The van der Waals surface area contributed by atoms with Gasteiger partial charge in [0, 0.05) is 9.75 Å².